The molecule has 1 fully saturated rings. The molecule has 2 aliphatic carbocycles. The van der Waals surface area contributed by atoms with Gasteiger partial charge in [-0.3, -0.25) is 0 Å². The highest BCUT2D eigenvalue weighted by molar-refractivity contribution is 6.31. The van der Waals surface area contributed by atoms with E-state index in [0.29, 0.717) is 22.4 Å². The Hall–Kier alpha value is -1.000. The van der Waals surface area contributed by atoms with Gasteiger partial charge in [0, 0.05) is 5.56 Å². The molecule has 1 aromatic rings. The van der Waals surface area contributed by atoms with Crippen molar-refractivity contribution in [3.05, 3.63) is 39.4 Å². The quantitative estimate of drug-likeness (QED) is 0.752. The first-order chi connectivity index (χ1) is 10.5. The number of allylic oxidation sites excluding steroid dienone is 4. The van der Waals surface area contributed by atoms with Gasteiger partial charge in [-0.05, 0) is 51.2 Å². The van der Waals surface area contributed by atoms with Crippen LogP contribution in [0.25, 0.3) is 0 Å². The summed E-state index contributed by atoms with van der Waals surface area (Å²) in [5.74, 6) is -1.77. The number of aryl methyl sites for hydroxylation is 1. The van der Waals surface area contributed by atoms with Gasteiger partial charge in [0.15, 0.2) is 0 Å². The fraction of sp³-hybridized carbons (Fsp3) is 0.562. The van der Waals surface area contributed by atoms with Gasteiger partial charge in [-0.15, -0.1) is 0 Å². The van der Waals surface area contributed by atoms with Crippen molar-refractivity contribution in [1.29, 1.82) is 0 Å². The van der Waals surface area contributed by atoms with Crippen LogP contribution in [0.5, 0.6) is 0 Å². The normalized spacial score (nSPS) is 33.6. The number of hydrogen-bond acceptors (Lipinski definition) is 2. The highest BCUT2D eigenvalue weighted by atomic mass is 35.5. The molecule has 118 valence electrons. The van der Waals surface area contributed by atoms with E-state index in [0.717, 1.165) is 36.9 Å². The van der Waals surface area contributed by atoms with E-state index in [1.54, 1.807) is 6.08 Å². The van der Waals surface area contributed by atoms with Gasteiger partial charge in [-0.1, -0.05) is 23.2 Å². The van der Waals surface area contributed by atoms with Gasteiger partial charge < -0.3 is 4.74 Å². The van der Waals surface area contributed by atoms with E-state index < -0.39 is 11.7 Å². The van der Waals surface area contributed by atoms with Crippen molar-refractivity contribution in [3.63, 3.8) is 0 Å². The molecule has 3 aliphatic rings. The third kappa shape index (κ3) is 1.96. The molecule has 6 heteroatoms. The van der Waals surface area contributed by atoms with Crippen molar-refractivity contribution in [1.82, 2.24) is 9.78 Å². The highest BCUT2D eigenvalue weighted by Gasteiger charge is 2.51. The van der Waals surface area contributed by atoms with E-state index in [9.17, 15) is 0 Å². The smallest absolute Gasteiger partial charge is 0.232 e. The number of fused-ring (bicyclic) bond motifs is 2. The Balaban J connectivity index is 1.82. The average molecular weight is 343 g/mol. The van der Waals surface area contributed by atoms with Crippen LogP contribution < -0.4 is 0 Å². The van der Waals surface area contributed by atoms with Crippen molar-refractivity contribution in [3.8, 4) is 0 Å². The monoisotopic (exact) mass is 342 g/mol. The minimum atomic E-state index is -1.81. The molecule has 0 N–H and O–H groups in total. The number of nitrogens with zero attached hydrogens (tertiary/aromatic N) is 2. The Labute approximate surface area is 138 Å². The molecule has 3 nitrogen and oxygen atoms in total. The molecular formula is C16H17Cl2FN2O. The summed E-state index contributed by atoms with van der Waals surface area (Å²) in [7, 11) is 0. The third-order valence-corrected chi connectivity index (χ3v) is 5.52. The Morgan fingerprint density at radius 2 is 2.14 bits per heavy atom. The highest BCUT2D eigenvalue weighted by Crippen LogP contribution is 2.49. The third-order valence-electron chi connectivity index (χ3n) is 4.82. The van der Waals surface area contributed by atoms with Crippen LogP contribution in [-0.2, 0) is 23.4 Å². The van der Waals surface area contributed by atoms with Gasteiger partial charge in [-0.25, -0.2) is 9.07 Å². The van der Waals surface area contributed by atoms with Crippen LogP contribution in [0.3, 0.4) is 0 Å². The van der Waals surface area contributed by atoms with E-state index in [1.807, 2.05) is 6.92 Å². The molecule has 0 amide bonds. The zero-order chi connectivity index (χ0) is 15.5. The maximum absolute atomic E-state index is 15.9. The van der Waals surface area contributed by atoms with Gasteiger partial charge >= 0.3 is 0 Å². The first-order valence-electron chi connectivity index (χ1n) is 7.72. The summed E-state index contributed by atoms with van der Waals surface area (Å²) in [4.78, 5) is 0. The summed E-state index contributed by atoms with van der Waals surface area (Å²) >= 11 is 12.6. The first kappa shape index (κ1) is 14.6. The maximum atomic E-state index is 15.9. The van der Waals surface area contributed by atoms with E-state index in [2.05, 4.69) is 5.10 Å². The molecule has 0 bridgehead atoms. The summed E-state index contributed by atoms with van der Waals surface area (Å²) < 4.78 is 23.0. The van der Waals surface area contributed by atoms with Crippen LogP contribution in [0.1, 0.15) is 37.4 Å². The van der Waals surface area contributed by atoms with Crippen molar-refractivity contribution < 1.29 is 9.13 Å². The zero-order valence-electron chi connectivity index (χ0n) is 12.3. The molecule has 2 heterocycles. The molecule has 3 atom stereocenters. The summed E-state index contributed by atoms with van der Waals surface area (Å²) in [6, 6.07) is 0. The van der Waals surface area contributed by atoms with Crippen molar-refractivity contribution in [2.45, 2.75) is 50.9 Å². The van der Waals surface area contributed by atoms with Crippen molar-refractivity contribution >= 4 is 23.2 Å². The zero-order valence-corrected chi connectivity index (χ0v) is 13.8. The molecule has 0 spiro atoms. The Bertz CT molecular complexity index is 697. The number of halogens is 3. The van der Waals surface area contributed by atoms with Crippen LogP contribution in [-0.4, -0.2) is 15.9 Å². The number of alkyl halides is 1. The fourth-order valence-corrected chi connectivity index (χ4v) is 4.32. The number of rotatable bonds is 1. The minimum absolute atomic E-state index is 0.0623. The molecule has 1 saturated heterocycles. The largest absolute Gasteiger partial charge is 0.493 e. The predicted molar refractivity (Wildman–Crippen MR) is 83.6 cm³/mol. The standard InChI is InChI=1S/C16H17Cl2FN2O/c1-9-8-11-14(22-9)12(17)6-7-16(11,19)21-15(18)10-4-2-3-5-13(10)20-21/h6-7,9,11H,2-5,8H2,1H3. The molecule has 1 aromatic heterocycles. The lowest BCUT2D eigenvalue weighted by atomic mass is 9.88. The van der Waals surface area contributed by atoms with Gasteiger partial charge in [0.1, 0.15) is 10.9 Å². The molecule has 0 aromatic carbocycles. The Kier molecular flexibility index (Phi) is 3.31. The lowest BCUT2D eigenvalue weighted by Gasteiger charge is -2.31. The van der Waals surface area contributed by atoms with Crippen LogP contribution in [0, 0.1) is 5.92 Å². The van der Waals surface area contributed by atoms with Crippen LogP contribution in [0.15, 0.2) is 22.9 Å². The lowest BCUT2D eigenvalue weighted by Crippen LogP contribution is -2.37. The number of hydrogen-bond donors (Lipinski definition) is 0. The summed E-state index contributed by atoms with van der Waals surface area (Å²) in [5, 5.41) is 5.38. The fourth-order valence-electron chi connectivity index (χ4n) is 3.71. The predicted octanol–water partition coefficient (Wildman–Crippen LogP) is 4.48. The number of ether oxygens (including phenoxy) is 1. The average Bonchev–Trinajstić information content (AvgIpc) is 3.06. The first-order valence-corrected chi connectivity index (χ1v) is 8.47. The molecule has 0 saturated carbocycles. The summed E-state index contributed by atoms with van der Waals surface area (Å²) in [6.45, 7) is 1.92. The molecule has 1 aliphatic heterocycles. The van der Waals surface area contributed by atoms with Crippen molar-refractivity contribution in [2.75, 3.05) is 0 Å². The van der Waals surface area contributed by atoms with Gasteiger partial charge in [0.2, 0.25) is 5.79 Å². The van der Waals surface area contributed by atoms with Crippen LogP contribution in [0.4, 0.5) is 4.39 Å². The SMILES string of the molecule is CC1CC2C(=C(Cl)C=CC2(F)n2nc3c(c2Cl)CCCC3)O1. The van der Waals surface area contributed by atoms with Gasteiger partial charge in [0.05, 0.1) is 22.7 Å². The summed E-state index contributed by atoms with van der Waals surface area (Å²) in [5.41, 5.74) is 1.92. The van der Waals surface area contributed by atoms with E-state index in [-0.39, 0.29) is 6.10 Å². The molecule has 22 heavy (non-hydrogen) atoms. The van der Waals surface area contributed by atoms with Crippen molar-refractivity contribution in [2.24, 2.45) is 5.92 Å². The Morgan fingerprint density at radius 3 is 2.91 bits per heavy atom. The summed E-state index contributed by atoms with van der Waals surface area (Å²) in [6.07, 6.45) is 7.42. The number of aromatic nitrogens is 2. The second kappa shape index (κ2) is 5.00. The lowest BCUT2D eigenvalue weighted by molar-refractivity contribution is 0.0510. The Morgan fingerprint density at radius 1 is 1.36 bits per heavy atom. The second-order valence-electron chi connectivity index (χ2n) is 6.32. The molecular weight excluding hydrogens is 326 g/mol. The maximum Gasteiger partial charge on any atom is 0.232 e. The second-order valence-corrected chi connectivity index (χ2v) is 7.09. The van der Waals surface area contributed by atoms with E-state index in [1.165, 1.54) is 10.8 Å². The van der Waals surface area contributed by atoms with E-state index >= 15 is 4.39 Å². The van der Waals surface area contributed by atoms with E-state index in [4.69, 9.17) is 27.9 Å². The van der Waals surface area contributed by atoms with Gasteiger partial charge in [-0.2, -0.15) is 5.10 Å². The molecule has 3 unspecified atom stereocenters. The minimum Gasteiger partial charge on any atom is -0.493 e. The topological polar surface area (TPSA) is 27.1 Å². The molecule has 0 radical (unpaired) electrons. The van der Waals surface area contributed by atoms with Gasteiger partial charge in [0.25, 0.3) is 0 Å². The molecule has 4 rings (SSSR count). The van der Waals surface area contributed by atoms with Crippen LogP contribution in [0.2, 0.25) is 5.15 Å². The van der Waals surface area contributed by atoms with Crippen LogP contribution >= 0.6 is 23.2 Å².